The molecule has 0 radical (unpaired) electrons. The molecule has 1 unspecified atom stereocenters. The summed E-state index contributed by atoms with van der Waals surface area (Å²) < 4.78 is 46.2. The molecule has 2 rings (SSSR count). The smallest absolute Gasteiger partial charge is 0.165 e. The fraction of sp³-hybridized carbons (Fsp3) is 0.250. The quantitative estimate of drug-likeness (QED) is 0.934. The van der Waals surface area contributed by atoms with Crippen molar-refractivity contribution >= 4 is 0 Å². The van der Waals surface area contributed by atoms with Crippen LogP contribution >= 0.6 is 0 Å². The Morgan fingerprint density at radius 3 is 2.43 bits per heavy atom. The highest BCUT2D eigenvalue weighted by molar-refractivity contribution is 5.33. The average Bonchev–Trinajstić information content (AvgIpc) is 2.43. The monoisotopic (exact) mass is 295 g/mol. The van der Waals surface area contributed by atoms with Gasteiger partial charge in [0.2, 0.25) is 0 Å². The highest BCUT2D eigenvalue weighted by atomic mass is 19.1. The number of rotatable bonds is 4. The van der Waals surface area contributed by atoms with E-state index in [1.807, 2.05) is 0 Å². The molecule has 2 aromatic rings. The lowest BCUT2D eigenvalue weighted by atomic mass is 9.97. The van der Waals surface area contributed by atoms with E-state index in [0.29, 0.717) is 11.1 Å². The third kappa shape index (κ3) is 3.19. The van der Waals surface area contributed by atoms with Crippen LogP contribution in [0, 0.1) is 24.4 Å². The van der Waals surface area contributed by atoms with Crippen LogP contribution in [0.3, 0.4) is 0 Å². The van der Waals surface area contributed by atoms with Crippen molar-refractivity contribution in [2.75, 3.05) is 7.11 Å². The van der Waals surface area contributed by atoms with Gasteiger partial charge in [0.15, 0.2) is 11.6 Å². The van der Waals surface area contributed by atoms with Crippen molar-refractivity contribution in [3.8, 4) is 5.75 Å². The number of hydrogen-bond donors (Lipinski definition) is 1. The van der Waals surface area contributed by atoms with Crippen LogP contribution in [-0.4, -0.2) is 7.11 Å². The van der Waals surface area contributed by atoms with Gasteiger partial charge in [-0.1, -0.05) is 12.1 Å². The zero-order valence-corrected chi connectivity index (χ0v) is 11.8. The molecule has 0 spiro atoms. The lowest BCUT2D eigenvalue weighted by molar-refractivity contribution is 0.386. The number of halogens is 3. The molecule has 0 aliphatic rings. The predicted molar refractivity (Wildman–Crippen MR) is 74.7 cm³/mol. The van der Waals surface area contributed by atoms with Crippen LogP contribution in [0.2, 0.25) is 0 Å². The van der Waals surface area contributed by atoms with Crippen LogP contribution in [0.5, 0.6) is 5.75 Å². The van der Waals surface area contributed by atoms with E-state index in [-0.39, 0.29) is 17.7 Å². The Labute approximate surface area is 121 Å². The summed E-state index contributed by atoms with van der Waals surface area (Å²) in [6.45, 7) is 1.54. The van der Waals surface area contributed by atoms with E-state index >= 15 is 0 Å². The molecule has 0 fully saturated rings. The third-order valence-electron chi connectivity index (χ3n) is 3.36. The normalized spacial score (nSPS) is 12.3. The van der Waals surface area contributed by atoms with Gasteiger partial charge in [-0.3, -0.25) is 0 Å². The molecule has 0 amide bonds. The molecule has 2 nitrogen and oxygen atoms in total. The van der Waals surface area contributed by atoms with E-state index in [1.165, 1.54) is 38.3 Å². The molecular formula is C16H16F3NO. The second-order valence-corrected chi connectivity index (χ2v) is 4.87. The number of ether oxygens (including phenoxy) is 1. The first-order valence-electron chi connectivity index (χ1n) is 6.46. The van der Waals surface area contributed by atoms with Gasteiger partial charge in [-0.25, -0.2) is 13.2 Å². The van der Waals surface area contributed by atoms with E-state index in [4.69, 9.17) is 10.5 Å². The summed E-state index contributed by atoms with van der Waals surface area (Å²) in [6.07, 6.45) is 0.123. The molecular weight excluding hydrogens is 279 g/mol. The van der Waals surface area contributed by atoms with Gasteiger partial charge in [-0.2, -0.15) is 0 Å². The van der Waals surface area contributed by atoms with Gasteiger partial charge in [0.05, 0.1) is 7.11 Å². The fourth-order valence-electron chi connectivity index (χ4n) is 2.21. The van der Waals surface area contributed by atoms with Crippen LogP contribution in [0.1, 0.15) is 22.7 Å². The van der Waals surface area contributed by atoms with Gasteiger partial charge in [0, 0.05) is 11.6 Å². The Morgan fingerprint density at radius 1 is 1.10 bits per heavy atom. The van der Waals surface area contributed by atoms with Crippen LogP contribution in [0.4, 0.5) is 13.2 Å². The maximum absolute atomic E-state index is 14.0. The number of nitrogens with two attached hydrogens (primary N) is 1. The van der Waals surface area contributed by atoms with Gasteiger partial charge in [0.1, 0.15) is 11.6 Å². The first kappa shape index (κ1) is 15.4. The maximum Gasteiger partial charge on any atom is 0.165 e. The van der Waals surface area contributed by atoms with E-state index in [9.17, 15) is 13.2 Å². The summed E-state index contributed by atoms with van der Waals surface area (Å²) in [5.41, 5.74) is 6.57. The van der Waals surface area contributed by atoms with Crippen molar-refractivity contribution < 1.29 is 17.9 Å². The second-order valence-electron chi connectivity index (χ2n) is 4.87. The van der Waals surface area contributed by atoms with Gasteiger partial charge in [-0.05, 0) is 42.7 Å². The first-order chi connectivity index (χ1) is 9.93. The van der Waals surface area contributed by atoms with E-state index in [1.54, 1.807) is 6.07 Å². The summed E-state index contributed by atoms with van der Waals surface area (Å²) in [6, 6.07) is 5.98. The van der Waals surface area contributed by atoms with Crippen molar-refractivity contribution in [2.45, 2.75) is 19.4 Å². The number of hydrogen-bond acceptors (Lipinski definition) is 2. The van der Waals surface area contributed by atoms with Crippen molar-refractivity contribution in [3.63, 3.8) is 0 Å². The molecule has 0 saturated heterocycles. The summed E-state index contributed by atoms with van der Waals surface area (Å²) in [5.74, 6) is -1.77. The summed E-state index contributed by atoms with van der Waals surface area (Å²) in [7, 11) is 1.36. The SMILES string of the molecule is COc1ccc(CC(N)c2c(F)ccc(C)c2F)cc1F. The molecule has 0 aromatic heterocycles. The highest BCUT2D eigenvalue weighted by Gasteiger charge is 2.19. The molecule has 0 aliphatic heterocycles. The first-order valence-corrected chi connectivity index (χ1v) is 6.46. The van der Waals surface area contributed by atoms with Crippen molar-refractivity contribution in [2.24, 2.45) is 5.73 Å². The van der Waals surface area contributed by atoms with E-state index < -0.39 is 23.5 Å². The summed E-state index contributed by atoms with van der Waals surface area (Å²) >= 11 is 0. The molecule has 1 atom stereocenters. The van der Waals surface area contributed by atoms with Gasteiger partial charge in [-0.15, -0.1) is 0 Å². The molecule has 0 heterocycles. The van der Waals surface area contributed by atoms with Crippen molar-refractivity contribution in [1.29, 1.82) is 0 Å². The molecule has 0 bridgehead atoms. The number of aryl methyl sites for hydroxylation is 1. The molecule has 0 aliphatic carbocycles. The van der Waals surface area contributed by atoms with Crippen LogP contribution in [-0.2, 0) is 6.42 Å². The minimum absolute atomic E-state index is 0.111. The zero-order chi connectivity index (χ0) is 15.6. The van der Waals surface area contributed by atoms with Gasteiger partial charge >= 0.3 is 0 Å². The molecule has 112 valence electrons. The summed E-state index contributed by atoms with van der Waals surface area (Å²) in [5, 5.41) is 0. The van der Waals surface area contributed by atoms with Crippen molar-refractivity contribution in [3.05, 3.63) is 64.5 Å². The lowest BCUT2D eigenvalue weighted by Crippen LogP contribution is -2.17. The molecule has 21 heavy (non-hydrogen) atoms. The Morgan fingerprint density at radius 2 is 1.81 bits per heavy atom. The number of methoxy groups -OCH3 is 1. The third-order valence-corrected chi connectivity index (χ3v) is 3.36. The summed E-state index contributed by atoms with van der Waals surface area (Å²) in [4.78, 5) is 0. The fourth-order valence-corrected chi connectivity index (χ4v) is 2.21. The van der Waals surface area contributed by atoms with Crippen molar-refractivity contribution in [1.82, 2.24) is 0 Å². The van der Waals surface area contributed by atoms with Crippen LogP contribution < -0.4 is 10.5 Å². The molecule has 2 N–H and O–H groups in total. The minimum atomic E-state index is -0.891. The molecule has 0 saturated carbocycles. The Balaban J connectivity index is 2.28. The highest BCUT2D eigenvalue weighted by Crippen LogP contribution is 2.26. The zero-order valence-electron chi connectivity index (χ0n) is 11.8. The largest absolute Gasteiger partial charge is 0.494 e. The average molecular weight is 295 g/mol. The standard InChI is InChI=1S/C16H16F3NO/c1-9-3-5-11(17)15(16(9)19)13(20)8-10-4-6-14(21-2)12(18)7-10/h3-7,13H,8,20H2,1-2H3. The Kier molecular flexibility index (Phi) is 4.53. The lowest BCUT2D eigenvalue weighted by Gasteiger charge is -2.15. The maximum atomic E-state index is 14.0. The second kappa shape index (κ2) is 6.18. The van der Waals surface area contributed by atoms with Gasteiger partial charge in [0.25, 0.3) is 0 Å². The van der Waals surface area contributed by atoms with Crippen LogP contribution in [0.25, 0.3) is 0 Å². The van der Waals surface area contributed by atoms with Gasteiger partial charge < -0.3 is 10.5 Å². The predicted octanol–water partition coefficient (Wildman–Crippen LogP) is 3.66. The molecule has 5 heteroatoms. The number of benzene rings is 2. The Hall–Kier alpha value is -2.01. The topological polar surface area (TPSA) is 35.2 Å². The van der Waals surface area contributed by atoms with Crippen LogP contribution in [0.15, 0.2) is 30.3 Å². The van der Waals surface area contributed by atoms with E-state index in [2.05, 4.69) is 0 Å². The van der Waals surface area contributed by atoms with E-state index in [0.717, 1.165) is 0 Å². The minimum Gasteiger partial charge on any atom is -0.494 e. The Bertz CT molecular complexity index is 658. The molecule has 2 aromatic carbocycles.